The maximum atomic E-state index is 12.3. The summed E-state index contributed by atoms with van der Waals surface area (Å²) in [5.41, 5.74) is 2.26. The van der Waals surface area contributed by atoms with Crippen molar-refractivity contribution in [1.82, 2.24) is 16.0 Å². The van der Waals surface area contributed by atoms with Gasteiger partial charge in [0.25, 0.3) is 0 Å². The average Bonchev–Trinajstić information content (AvgIpc) is 2.52. The van der Waals surface area contributed by atoms with Crippen LogP contribution in [0, 0.1) is 0 Å². The Morgan fingerprint density at radius 2 is 2.05 bits per heavy atom. The second-order valence-corrected chi connectivity index (χ2v) is 5.27. The Balaban J connectivity index is 1.83. The number of benzene rings is 1. The largest absolute Gasteiger partial charge is 0.356 e. The summed E-state index contributed by atoms with van der Waals surface area (Å²) in [6.07, 6.45) is 1.25. The van der Waals surface area contributed by atoms with Crippen molar-refractivity contribution >= 4 is 11.8 Å². The fourth-order valence-corrected chi connectivity index (χ4v) is 2.51. The molecule has 3 N–H and O–H groups in total. The van der Waals surface area contributed by atoms with Gasteiger partial charge in [0.15, 0.2) is 0 Å². The molecule has 2 amide bonds. The summed E-state index contributed by atoms with van der Waals surface area (Å²) in [5.74, 6) is -0.203. The van der Waals surface area contributed by atoms with Crippen molar-refractivity contribution in [3.05, 3.63) is 35.4 Å². The Morgan fingerprint density at radius 3 is 2.86 bits per heavy atom. The first-order valence-electron chi connectivity index (χ1n) is 7.55. The monoisotopic (exact) mass is 289 g/mol. The number of fused-ring (bicyclic) bond motifs is 1. The molecule has 1 heterocycles. The quantitative estimate of drug-likeness (QED) is 0.729. The van der Waals surface area contributed by atoms with Gasteiger partial charge < -0.3 is 16.0 Å². The summed E-state index contributed by atoms with van der Waals surface area (Å²) in [7, 11) is 0. The molecule has 0 saturated carbocycles. The fourth-order valence-electron chi connectivity index (χ4n) is 2.51. The Morgan fingerprint density at radius 1 is 1.24 bits per heavy atom. The summed E-state index contributed by atoms with van der Waals surface area (Å²) < 4.78 is 0. The number of hydrogen-bond acceptors (Lipinski definition) is 3. The minimum atomic E-state index is -0.173. The van der Waals surface area contributed by atoms with Crippen LogP contribution in [0.2, 0.25) is 0 Å². The number of hydrogen-bond donors (Lipinski definition) is 3. The van der Waals surface area contributed by atoms with E-state index in [1.165, 1.54) is 5.56 Å². The molecule has 1 aromatic carbocycles. The molecule has 5 heteroatoms. The van der Waals surface area contributed by atoms with Crippen LogP contribution >= 0.6 is 0 Å². The summed E-state index contributed by atoms with van der Waals surface area (Å²) >= 11 is 0. The summed E-state index contributed by atoms with van der Waals surface area (Å²) in [6.45, 7) is 4.53. The van der Waals surface area contributed by atoms with E-state index in [2.05, 4.69) is 16.0 Å². The molecule has 0 aromatic heterocycles. The van der Waals surface area contributed by atoms with Crippen LogP contribution in [0.3, 0.4) is 0 Å². The zero-order chi connectivity index (χ0) is 15.1. The SMILES string of the molecule is CCCNC(=O)CCNC(=O)C1CNCc2ccccc21. The molecule has 1 aromatic rings. The molecular formula is C16H23N3O2. The fraction of sp³-hybridized carbons (Fsp3) is 0.500. The highest BCUT2D eigenvalue weighted by atomic mass is 16.2. The Labute approximate surface area is 125 Å². The Hall–Kier alpha value is -1.88. The van der Waals surface area contributed by atoms with E-state index in [1.54, 1.807) is 0 Å². The van der Waals surface area contributed by atoms with Crippen LogP contribution in [0.1, 0.15) is 36.8 Å². The topological polar surface area (TPSA) is 70.2 Å². The van der Waals surface area contributed by atoms with E-state index < -0.39 is 0 Å². The highest BCUT2D eigenvalue weighted by Crippen LogP contribution is 2.23. The van der Waals surface area contributed by atoms with Crippen molar-refractivity contribution in [2.75, 3.05) is 19.6 Å². The second kappa shape index (κ2) is 7.78. The van der Waals surface area contributed by atoms with Crippen molar-refractivity contribution < 1.29 is 9.59 Å². The summed E-state index contributed by atoms with van der Waals surface area (Å²) in [5, 5.41) is 8.92. The average molecular weight is 289 g/mol. The van der Waals surface area contributed by atoms with E-state index >= 15 is 0 Å². The molecule has 1 aliphatic heterocycles. The van der Waals surface area contributed by atoms with Crippen molar-refractivity contribution in [2.24, 2.45) is 0 Å². The number of rotatable bonds is 6. The lowest BCUT2D eigenvalue weighted by Gasteiger charge is -2.25. The molecule has 0 spiro atoms. The summed E-state index contributed by atoms with van der Waals surface area (Å²) in [6, 6.07) is 8.00. The van der Waals surface area contributed by atoms with E-state index in [9.17, 15) is 9.59 Å². The number of nitrogens with one attached hydrogen (secondary N) is 3. The van der Waals surface area contributed by atoms with Gasteiger partial charge in [-0.3, -0.25) is 9.59 Å². The van der Waals surface area contributed by atoms with E-state index in [4.69, 9.17) is 0 Å². The molecule has 1 atom stereocenters. The van der Waals surface area contributed by atoms with Gasteiger partial charge in [0.2, 0.25) is 11.8 Å². The Kier molecular flexibility index (Phi) is 5.75. The van der Waals surface area contributed by atoms with Crippen molar-refractivity contribution in [3.8, 4) is 0 Å². The van der Waals surface area contributed by atoms with Gasteiger partial charge in [-0.2, -0.15) is 0 Å². The first-order chi connectivity index (χ1) is 10.2. The van der Waals surface area contributed by atoms with Crippen LogP contribution in [0.15, 0.2) is 24.3 Å². The number of amides is 2. The molecule has 1 unspecified atom stereocenters. The van der Waals surface area contributed by atoms with Crippen LogP contribution in [-0.2, 0) is 16.1 Å². The molecule has 0 radical (unpaired) electrons. The van der Waals surface area contributed by atoms with Crippen molar-refractivity contribution in [3.63, 3.8) is 0 Å². The number of carbonyl (C=O) groups excluding carboxylic acids is 2. The van der Waals surface area contributed by atoms with Crippen LogP contribution < -0.4 is 16.0 Å². The third-order valence-electron chi connectivity index (χ3n) is 3.63. The van der Waals surface area contributed by atoms with E-state index in [-0.39, 0.29) is 17.7 Å². The van der Waals surface area contributed by atoms with Gasteiger partial charge >= 0.3 is 0 Å². The van der Waals surface area contributed by atoms with Gasteiger partial charge in [-0.05, 0) is 17.5 Å². The first kappa shape index (κ1) is 15.5. The lowest BCUT2D eigenvalue weighted by molar-refractivity contribution is -0.123. The van der Waals surface area contributed by atoms with Gasteiger partial charge in [-0.15, -0.1) is 0 Å². The van der Waals surface area contributed by atoms with Crippen LogP contribution in [0.5, 0.6) is 0 Å². The molecule has 0 bridgehead atoms. The highest BCUT2D eigenvalue weighted by molar-refractivity contribution is 5.85. The highest BCUT2D eigenvalue weighted by Gasteiger charge is 2.25. The van der Waals surface area contributed by atoms with E-state index in [0.717, 1.165) is 18.5 Å². The maximum Gasteiger partial charge on any atom is 0.228 e. The third kappa shape index (κ3) is 4.29. The molecule has 1 aliphatic rings. The second-order valence-electron chi connectivity index (χ2n) is 5.27. The van der Waals surface area contributed by atoms with Gasteiger partial charge in [0.05, 0.1) is 5.92 Å². The normalized spacial score (nSPS) is 16.9. The van der Waals surface area contributed by atoms with E-state index in [0.29, 0.717) is 26.1 Å². The molecular weight excluding hydrogens is 266 g/mol. The predicted octanol–water partition coefficient (Wildman–Crippen LogP) is 0.906. The first-order valence-corrected chi connectivity index (χ1v) is 7.55. The van der Waals surface area contributed by atoms with Crippen molar-refractivity contribution in [1.29, 1.82) is 0 Å². The van der Waals surface area contributed by atoms with Crippen LogP contribution in [-0.4, -0.2) is 31.4 Å². The maximum absolute atomic E-state index is 12.3. The van der Waals surface area contributed by atoms with Gasteiger partial charge in [0, 0.05) is 32.6 Å². The molecule has 5 nitrogen and oxygen atoms in total. The Bertz CT molecular complexity index is 502. The molecule has 21 heavy (non-hydrogen) atoms. The molecule has 0 fully saturated rings. The van der Waals surface area contributed by atoms with Crippen LogP contribution in [0.25, 0.3) is 0 Å². The van der Waals surface area contributed by atoms with Gasteiger partial charge in [-0.25, -0.2) is 0 Å². The van der Waals surface area contributed by atoms with Gasteiger partial charge in [-0.1, -0.05) is 31.2 Å². The molecule has 2 rings (SSSR count). The van der Waals surface area contributed by atoms with Crippen molar-refractivity contribution in [2.45, 2.75) is 32.2 Å². The third-order valence-corrected chi connectivity index (χ3v) is 3.63. The van der Waals surface area contributed by atoms with Gasteiger partial charge in [0.1, 0.15) is 0 Å². The zero-order valence-corrected chi connectivity index (χ0v) is 12.4. The lowest BCUT2D eigenvalue weighted by Crippen LogP contribution is -2.40. The minimum Gasteiger partial charge on any atom is -0.356 e. The zero-order valence-electron chi connectivity index (χ0n) is 12.4. The lowest BCUT2D eigenvalue weighted by atomic mass is 9.90. The smallest absolute Gasteiger partial charge is 0.228 e. The standard InChI is InChI=1S/C16H23N3O2/c1-2-8-18-15(20)7-9-19-16(21)14-11-17-10-12-5-3-4-6-13(12)14/h3-6,14,17H,2,7-11H2,1H3,(H,18,20)(H,19,21). The molecule has 114 valence electrons. The van der Waals surface area contributed by atoms with E-state index in [1.807, 2.05) is 31.2 Å². The minimum absolute atomic E-state index is 0.0145. The molecule has 0 saturated heterocycles. The molecule has 0 aliphatic carbocycles. The predicted molar refractivity (Wildman–Crippen MR) is 81.8 cm³/mol. The summed E-state index contributed by atoms with van der Waals surface area (Å²) in [4.78, 5) is 23.8. The van der Waals surface area contributed by atoms with Crippen LogP contribution in [0.4, 0.5) is 0 Å². The number of carbonyl (C=O) groups is 2.